The van der Waals surface area contributed by atoms with Crippen LogP contribution in [0.3, 0.4) is 0 Å². The van der Waals surface area contributed by atoms with Crippen LogP contribution in [0.15, 0.2) is 18.2 Å². The Morgan fingerprint density at radius 3 is 2.52 bits per heavy atom. The summed E-state index contributed by atoms with van der Waals surface area (Å²) in [5.74, 6) is -1.45. The van der Waals surface area contributed by atoms with Gasteiger partial charge in [-0.2, -0.15) is 13.2 Å². The molecule has 2 saturated heterocycles. The molecule has 3 fully saturated rings. The first kappa shape index (κ1) is 22.3. The summed E-state index contributed by atoms with van der Waals surface area (Å²) in [6, 6.07) is 2.26. The Balaban J connectivity index is 1.31. The van der Waals surface area contributed by atoms with Gasteiger partial charge in [-0.15, -0.1) is 0 Å². The van der Waals surface area contributed by atoms with Crippen LogP contribution in [0.1, 0.15) is 38.2 Å². The van der Waals surface area contributed by atoms with Crippen LogP contribution in [0, 0.1) is 11.2 Å². The maximum Gasteiger partial charge on any atom is 0.419 e. The first-order valence-corrected chi connectivity index (χ1v) is 10.9. The average Bonchev–Trinajstić information content (AvgIpc) is 3.49. The van der Waals surface area contributed by atoms with Gasteiger partial charge in [0.15, 0.2) is 0 Å². The molecule has 3 aliphatic rings. The number of nitrogens with zero attached hydrogens (tertiary/aromatic N) is 3. The molecule has 2 heterocycles. The summed E-state index contributed by atoms with van der Waals surface area (Å²) in [5, 5.41) is 10.3. The van der Waals surface area contributed by atoms with E-state index in [1.165, 1.54) is 6.07 Å². The fourth-order valence-electron chi connectivity index (χ4n) is 4.92. The van der Waals surface area contributed by atoms with E-state index in [0.717, 1.165) is 50.9 Å². The van der Waals surface area contributed by atoms with Crippen LogP contribution in [0.5, 0.6) is 0 Å². The normalized spacial score (nSPS) is 26.6. The van der Waals surface area contributed by atoms with Crippen molar-refractivity contribution in [2.75, 3.05) is 44.2 Å². The van der Waals surface area contributed by atoms with Gasteiger partial charge in [0.2, 0.25) is 5.91 Å². The van der Waals surface area contributed by atoms with Gasteiger partial charge in [0.25, 0.3) is 0 Å². The number of carbonyl (C=O) groups excluding carboxylic acids is 1. The lowest BCUT2D eigenvalue weighted by Gasteiger charge is -2.41. The summed E-state index contributed by atoms with van der Waals surface area (Å²) >= 11 is 0. The van der Waals surface area contributed by atoms with Crippen molar-refractivity contribution < 1.29 is 27.5 Å². The Morgan fingerprint density at radius 1 is 1.13 bits per heavy atom. The second-order valence-electron chi connectivity index (χ2n) is 9.14. The van der Waals surface area contributed by atoms with Crippen molar-refractivity contribution in [3.05, 3.63) is 29.6 Å². The van der Waals surface area contributed by atoms with Crippen LogP contribution in [0.25, 0.3) is 0 Å². The van der Waals surface area contributed by atoms with Crippen molar-refractivity contribution in [3.8, 4) is 0 Å². The number of hydrogen-bond acceptors (Lipinski definition) is 4. The Bertz CT molecular complexity index is 827. The second-order valence-corrected chi connectivity index (χ2v) is 9.14. The van der Waals surface area contributed by atoms with Gasteiger partial charge in [-0.25, -0.2) is 4.39 Å². The molecule has 0 radical (unpaired) electrons. The third-order valence-electron chi connectivity index (χ3n) is 7.19. The molecule has 1 aromatic carbocycles. The minimum atomic E-state index is -4.78. The molecule has 2 aliphatic heterocycles. The highest BCUT2D eigenvalue weighted by atomic mass is 19.4. The maximum atomic E-state index is 13.6. The van der Waals surface area contributed by atoms with E-state index < -0.39 is 23.6 Å². The zero-order valence-corrected chi connectivity index (χ0v) is 17.7. The molecule has 2 atom stereocenters. The monoisotopic (exact) mass is 443 g/mol. The zero-order valence-electron chi connectivity index (χ0n) is 17.7. The van der Waals surface area contributed by atoms with Crippen molar-refractivity contribution in [2.45, 2.75) is 50.9 Å². The van der Waals surface area contributed by atoms with E-state index in [4.69, 9.17) is 0 Å². The molecular weight excluding hydrogens is 414 g/mol. The van der Waals surface area contributed by atoms with Gasteiger partial charge >= 0.3 is 6.18 Å². The highest BCUT2D eigenvalue weighted by molar-refractivity contribution is 5.86. The lowest BCUT2D eigenvalue weighted by molar-refractivity contribution is -0.139. The fourth-order valence-corrected chi connectivity index (χ4v) is 4.92. The molecule has 1 spiro atoms. The number of likely N-dealkylation sites (tertiary alicyclic amines) is 1. The van der Waals surface area contributed by atoms with Gasteiger partial charge < -0.3 is 19.8 Å². The van der Waals surface area contributed by atoms with Crippen LogP contribution in [-0.2, 0) is 11.0 Å². The molecule has 5 nitrogen and oxygen atoms in total. The van der Waals surface area contributed by atoms with E-state index >= 15 is 0 Å². The van der Waals surface area contributed by atoms with E-state index in [-0.39, 0.29) is 23.1 Å². The number of halogens is 4. The van der Waals surface area contributed by atoms with E-state index in [9.17, 15) is 27.5 Å². The van der Waals surface area contributed by atoms with Crippen LogP contribution >= 0.6 is 0 Å². The molecule has 0 bridgehead atoms. The predicted octanol–water partition coefficient (Wildman–Crippen LogP) is 3.12. The smallest absolute Gasteiger partial charge is 0.391 e. The van der Waals surface area contributed by atoms with Crippen LogP contribution in [-0.4, -0.2) is 72.2 Å². The van der Waals surface area contributed by atoms with Gasteiger partial charge in [-0.1, -0.05) is 0 Å². The van der Waals surface area contributed by atoms with Crippen molar-refractivity contribution >= 4 is 11.6 Å². The molecule has 1 aromatic rings. The molecule has 9 heteroatoms. The highest BCUT2D eigenvalue weighted by Gasteiger charge is 2.51. The van der Waals surface area contributed by atoms with Crippen LogP contribution in [0.2, 0.25) is 0 Å². The Hall–Kier alpha value is -1.87. The lowest BCUT2D eigenvalue weighted by Crippen LogP contribution is -2.56. The fraction of sp³-hybridized carbons (Fsp3) is 0.682. The van der Waals surface area contributed by atoms with E-state index in [2.05, 4.69) is 4.90 Å². The summed E-state index contributed by atoms with van der Waals surface area (Å²) in [6.07, 6.45) is -0.985. The zero-order chi connectivity index (χ0) is 22.4. The van der Waals surface area contributed by atoms with Crippen molar-refractivity contribution in [2.24, 2.45) is 5.41 Å². The topological polar surface area (TPSA) is 47.0 Å². The minimum Gasteiger partial charge on any atom is -0.391 e. The summed E-state index contributed by atoms with van der Waals surface area (Å²) < 4.78 is 52.7. The Kier molecular flexibility index (Phi) is 5.93. The molecule has 0 aromatic heterocycles. The molecule has 1 unspecified atom stereocenters. The highest BCUT2D eigenvalue weighted by Crippen LogP contribution is 2.53. The quantitative estimate of drug-likeness (QED) is 0.711. The molecule has 172 valence electrons. The standard InChI is InChI=1S/C22H29F4N3O2/c1-15-20(31)28(9-2-8-27-10-7-21(5-6-21)19(30)14-27)11-12-29(15)16-3-4-18(23)17(13-16)22(24,25)26/h3-4,13,15,19,30H,2,5-12,14H2,1H3/t15?,19-/m1/s1. The summed E-state index contributed by atoms with van der Waals surface area (Å²) in [6.45, 7) is 5.51. The van der Waals surface area contributed by atoms with Gasteiger partial charge in [-0.3, -0.25) is 4.79 Å². The number of amides is 1. The number of anilines is 1. The number of carbonyl (C=O) groups is 1. The number of alkyl halides is 3. The van der Waals surface area contributed by atoms with E-state index in [1.807, 2.05) is 0 Å². The average molecular weight is 443 g/mol. The molecule has 4 rings (SSSR count). The van der Waals surface area contributed by atoms with Crippen molar-refractivity contribution in [1.82, 2.24) is 9.80 Å². The number of β-amino-alcohol motifs (C(OH)–C–C–N with tert-alkyl or cyclic N) is 1. The van der Waals surface area contributed by atoms with Gasteiger partial charge in [0.1, 0.15) is 11.9 Å². The predicted molar refractivity (Wildman–Crippen MR) is 108 cm³/mol. The van der Waals surface area contributed by atoms with Crippen LogP contribution < -0.4 is 4.90 Å². The molecule has 1 amide bonds. The lowest BCUT2D eigenvalue weighted by atomic mass is 9.90. The number of aliphatic hydroxyl groups excluding tert-OH is 1. The number of rotatable bonds is 5. The van der Waals surface area contributed by atoms with Gasteiger partial charge in [0, 0.05) is 31.9 Å². The third-order valence-corrected chi connectivity index (χ3v) is 7.19. The number of aliphatic hydroxyl groups is 1. The van der Waals surface area contributed by atoms with Gasteiger partial charge in [-0.05, 0) is 69.3 Å². The minimum absolute atomic E-state index is 0.139. The molecule has 1 aliphatic carbocycles. The summed E-state index contributed by atoms with van der Waals surface area (Å²) in [7, 11) is 0. The number of benzene rings is 1. The molecule has 31 heavy (non-hydrogen) atoms. The van der Waals surface area contributed by atoms with E-state index in [1.54, 1.807) is 16.7 Å². The number of piperazine rings is 1. The number of hydrogen-bond donors (Lipinski definition) is 1. The largest absolute Gasteiger partial charge is 0.419 e. The van der Waals surface area contributed by atoms with Crippen LogP contribution in [0.4, 0.5) is 23.2 Å². The first-order chi connectivity index (χ1) is 14.6. The molecule has 1 N–H and O–H groups in total. The Labute approximate surface area is 179 Å². The third kappa shape index (κ3) is 4.53. The number of piperidine rings is 1. The first-order valence-electron chi connectivity index (χ1n) is 10.9. The van der Waals surface area contributed by atoms with E-state index in [0.29, 0.717) is 26.2 Å². The van der Waals surface area contributed by atoms with Crippen molar-refractivity contribution in [3.63, 3.8) is 0 Å². The SMILES string of the molecule is CC1C(=O)N(CCCN2CCC3(CC3)[C@H](O)C2)CCN1c1ccc(F)c(C(F)(F)F)c1. The van der Waals surface area contributed by atoms with Crippen molar-refractivity contribution in [1.29, 1.82) is 0 Å². The molecular formula is C22H29F4N3O2. The summed E-state index contributed by atoms with van der Waals surface area (Å²) in [5.41, 5.74) is -0.945. The summed E-state index contributed by atoms with van der Waals surface area (Å²) in [4.78, 5) is 18.4. The van der Waals surface area contributed by atoms with Gasteiger partial charge in [0.05, 0.1) is 11.7 Å². The second kappa shape index (κ2) is 8.24. The maximum absolute atomic E-state index is 13.6. The molecule has 1 saturated carbocycles. The Morgan fingerprint density at radius 2 is 1.87 bits per heavy atom.